The number of rotatable bonds is 1. The van der Waals surface area contributed by atoms with E-state index < -0.39 is 17.4 Å². The van der Waals surface area contributed by atoms with E-state index in [4.69, 9.17) is 4.74 Å². The molecule has 6 heteroatoms. The molecular weight excluding hydrogens is 236 g/mol. The largest absolute Gasteiger partial charge is 0.373 e. The lowest BCUT2D eigenvalue weighted by atomic mass is 9.91. The minimum Gasteiger partial charge on any atom is -0.373 e. The maximum Gasteiger partial charge on any atom is 0.331 e. The molecule has 18 heavy (non-hydrogen) atoms. The highest BCUT2D eigenvalue weighted by molar-refractivity contribution is 6.21. The molecule has 4 aliphatic rings. The van der Waals surface area contributed by atoms with Crippen LogP contribution in [0.5, 0.6) is 0 Å². The van der Waals surface area contributed by atoms with Gasteiger partial charge in [0.15, 0.2) is 0 Å². The molecule has 1 spiro atoms. The average Bonchev–Trinajstić information content (AvgIpc) is 2.88. The second-order valence-corrected chi connectivity index (χ2v) is 5.69. The van der Waals surface area contributed by atoms with Crippen molar-refractivity contribution in [2.24, 2.45) is 5.41 Å². The van der Waals surface area contributed by atoms with Crippen LogP contribution < -0.4 is 5.32 Å². The van der Waals surface area contributed by atoms with Gasteiger partial charge in [0.1, 0.15) is 5.41 Å². The van der Waals surface area contributed by atoms with Crippen LogP contribution in [0.25, 0.3) is 0 Å². The summed E-state index contributed by atoms with van der Waals surface area (Å²) in [5.74, 6) is -0.727. The van der Waals surface area contributed by atoms with E-state index in [1.165, 1.54) is 4.90 Å². The third-order valence-electron chi connectivity index (χ3n) is 4.66. The summed E-state index contributed by atoms with van der Waals surface area (Å²) in [6.07, 6.45) is 3.88. The first-order valence-electron chi connectivity index (χ1n) is 6.46. The summed E-state index contributed by atoms with van der Waals surface area (Å²) in [5, 5.41) is 2.32. The summed E-state index contributed by atoms with van der Waals surface area (Å²) in [6, 6.07) is -0.745. The fraction of sp³-hybridized carbons (Fsp3) is 0.750. The lowest BCUT2D eigenvalue weighted by molar-refractivity contribution is -0.146. The van der Waals surface area contributed by atoms with Crippen molar-refractivity contribution >= 4 is 17.8 Å². The number of carbonyl (C=O) groups is 3. The number of hydrogen-bond donors (Lipinski definition) is 1. The van der Waals surface area contributed by atoms with Crippen molar-refractivity contribution in [1.82, 2.24) is 10.2 Å². The number of urea groups is 1. The predicted molar refractivity (Wildman–Crippen MR) is 58.4 cm³/mol. The summed E-state index contributed by atoms with van der Waals surface area (Å²) in [7, 11) is 0. The first-order valence-corrected chi connectivity index (χ1v) is 6.46. The summed E-state index contributed by atoms with van der Waals surface area (Å²) in [6.45, 7) is 0. The fourth-order valence-electron chi connectivity index (χ4n) is 3.45. The Hall–Kier alpha value is -1.43. The molecule has 0 aromatic heterocycles. The molecule has 4 fully saturated rings. The van der Waals surface area contributed by atoms with Gasteiger partial charge in [0.05, 0.1) is 18.2 Å². The minimum absolute atomic E-state index is 0.0336. The standard InChI is InChI=1S/C12H14N2O4/c15-9-12(3-4-12)10(16)14(11(17)13-9)7-5-6-1-2-8(7)18-6/h6-8H,1-5H2,(H,13,15,17). The zero-order valence-corrected chi connectivity index (χ0v) is 9.85. The van der Waals surface area contributed by atoms with Gasteiger partial charge in [-0.15, -0.1) is 0 Å². The second kappa shape index (κ2) is 3.12. The maximum absolute atomic E-state index is 12.4. The number of fused-ring (bicyclic) bond motifs is 2. The van der Waals surface area contributed by atoms with E-state index in [1.807, 2.05) is 0 Å². The Morgan fingerprint density at radius 1 is 1.22 bits per heavy atom. The van der Waals surface area contributed by atoms with Crippen molar-refractivity contribution in [2.75, 3.05) is 0 Å². The Morgan fingerprint density at radius 2 is 2.00 bits per heavy atom. The molecule has 0 aromatic carbocycles. The van der Waals surface area contributed by atoms with E-state index in [-0.39, 0.29) is 24.2 Å². The quantitative estimate of drug-likeness (QED) is 0.673. The molecule has 6 nitrogen and oxygen atoms in total. The van der Waals surface area contributed by atoms with Gasteiger partial charge in [-0.25, -0.2) is 4.79 Å². The van der Waals surface area contributed by atoms with Gasteiger partial charge in [-0.2, -0.15) is 0 Å². The van der Waals surface area contributed by atoms with Crippen molar-refractivity contribution < 1.29 is 19.1 Å². The molecule has 1 N–H and O–H groups in total. The Labute approximate surface area is 104 Å². The van der Waals surface area contributed by atoms with Crippen LogP contribution in [0.2, 0.25) is 0 Å². The van der Waals surface area contributed by atoms with E-state index in [0.717, 1.165) is 12.8 Å². The van der Waals surface area contributed by atoms with Crippen LogP contribution in [0.3, 0.4) is 0 Å². The molecule has 2 bridgehead atoms. The Balaban J connectivity index is 1.66. The lowest BCUT2D eigenvalue weighted by Crippen LogP contribution is -2.63. The van der Waals surface area contributed by atoms with Gasteiger partial charge in [0, 0.05) is 0 Å². The molecule has 3 saturated heterocycles. The molecule has 1 aliphatic carbocycles. The van der Waals surface area contributed by atoms with Crippen LogP contribution in [0, 0.1) is 5.41 Å². The topological polar surface area (TPSA) is 75.7 Å². The van der Waals surface area contributed by atoms with E-state index in [9.17, 15) is 14.4 Å². The number of carbonyl (C=O) groups excluding carboxylic acids is 3. The van der Waals surface area contributed by atoms with Crippen LogP contribution >= 0.6 is 0 Å². The normalized spacial score (nSPS) is 40.6. The summed E-state index contributed by atoms with van der Waals surface area (Å²) in [4.78, 5) is 37.3. The van der Waals surface area contributed by atoms with Crippen molar-refractivity contribution in [3.05, 3.63) is 0 Å². The lowest BCUT2D eigenvalue weighted by Gasteiger charge is -2.36. The van der Waals surface area contributed by atoms with E-state index in [1.54, 1.807) is 0 Å². The van der Waals surface area contributed by atoms with Gasteiger partial charge in [-0.3, -0.25) is 19.8 Å². The molecule has 1 saturated carbocycles. The van der Waals surface area contributed by atoms with Gasteiger partial charge in [-0.1, -0.05) is 0 Å². The zero-order valence-electron chi connectivity index (χ0n) is 9.85. The van der Waals surface area contributed by atoms with Crippen molar-refractivity contribution in [1.29, 1.82) is 0 Å². The summed E-state index contributed by atoms with van der Waals surface area (Å²) >= 11 is 0. The van der Waals surface area contributed by atoms with Crippen molar-refractivity contribution in [3.63, 3.8) is 0 Å². The maximum atomic E-state index is 12.4. The Bertz CT molecular complexity index is 471. The molecule has 3 unspecified atom stereocenters. The van der Waals surface area contributed by atoms with Crippen LogP contribution in [-0.2, 0) is 14.3 Å². The first-order chi connectivity index (χ1) is 8.62. The second-order valence-electron chi connectivity index (χ2n) is 5.69. The molecule has 0 radical (unpaired) electrons. The number of nitrogens with zero attached hydrogens (tertiary/aromatic N) is 1. The van der Waals surface area contributed by atoms with Gasteiger partial charge < -0.3 is 4.74 Å². The zero-order chi connectivity index (χ0) is 12.5. The smallest absolute Gasteiger partial charge is 0.331 e. The molecule has 4 amide bonds. The fourth-order valence-corrected chi connectivity index (χ4v) is 3.45. The monoisotopic (exact) mass is 250 g/mol. The molecule has 96 valence electrons. The van der Waals surface area contributed by atoms with Gasteiger partial charge in [-0.05, 0) is 32.1 Å². The minimum atomic E-state index is -0.935. The number of amides is 4. The SMILES string of the molecule is O=C1NC(=O)C2(CC2)C(=O)N1C1CC2CCC1O2. The van der Waals surface area contributed by atoms with Crippen molar-refractivity contribution in [3.8, 4) is 0 Å². The molecular formula is C12H14N2O4. The van der Waals surface area contributed by atoms with Gasteiger partial charge in [0.25, 0.3) is 0 Å². The number of hydrogen-bond acceptors (Lipinski definition) is 4. The molecule has 4 rings (SSSR count). The highest BCUT2D eigenvalue weighted by Crippen LogP contribution is 2.50. The van der Waals surface area contributed by atoms with E-state index >= 15 is 0 Å². The van der Waals surface area contributed by atoms with Crippen LogP contribution in [-0.4, -0.2) is 41.0 Å². The average molecular weight is 250 g/mol. The highest BCUT2D eigenvalue weighted by atomic mass is 16.5. The van der Waals surface area contributed by atoms with Crippen LogP contribution in [0.1, 0.15) is 32.1 Å². The van der Waals surface area contributed by atoms with Gasteiger partial charge >= 0.3 is 6.03 Å². The molecule has 3 heterocycles. The van der Waals surface area contributed by atoms with Crippen LogP contribution in [0.15, 0.2) is 0 Å². The number of imide groups is 2. The Morgan fingerprint density at radius 3 is 2.56 bits per heavy atom. The summed E-state index contributed by atoms with van der Waals surface area (Å²) < 4.78 is 5.69. The first kappa shape index (κ1) is 10.5. The highest BCUT2D eigenvalue weighted by Gasteiger charge is 2.64. The molecule has 3 atom stereocenters. The van der Waals surface area contributed by atoms with Crippen LogP contribution in [0.4, 0.5) is 4.79 Å². The third-order valence-corrected chi connectivity index (χ3v) is 4.66. The molecule has 0 aromatic rings. The van der Waals surface area contributed by atoms with Crippen molar-refractivity contribution in [2.45, 2.75) is 50.4 Å². The summed E-state index contributed by atoms with van der Waals surface area (Å²) in [5.41, 5.74) is -0.935. The number of barbiturate groups is 1. The Kier molecular flexibility index (Phi) is 1.82. The number of nitrogens with one attached hydrogen (secondary N) is 1. The van der Waals surface area contributed by atoms with E-state index in [2.05, 4.69) is 5.32 Å². The number of ether oxygens (including phenoxy) is 1. The van der Waals surface area contributed by atoms with E-state index in [0.29, 0.717) is 19.3 Å². The van der Waals surface area contributed by atoms with Gasteiger partial charge in [0.2, 0.25) is 11.8 Å². The molecule has 3 aliphatic heterocycles. The predicted octanol–water partition coefficient (Wildman–Crippen LogP) is 0.165. The third kappa shape index (κ3) is 1.14.